The molecule has 0 unspecified atom stereocenters. The average molecular weight is 830 g/mol. The predicted octanol–water partition coefficient (Wildman–Crippen LogP) is 11.0. The minimum atomic E-state index is 0. The van der Waals surface area contributed by atoms with Crippen LogP contribution in [-0.4, -0.2) is 0 Å². The molecule has 0 aromatic rings. The van der Waals surface area contributed by atoms with E-state index in [1.54, 1.807) is 20.8 Å². The van der Waals surface area contributed by atoms with Gasteiger partial charge in [0.2, 0.25) is 0 Å². The molecular weight excluding hydrogens is 765 g/mol. The molecule has 0 rings (SSSR count). The van der Waals surface area contributed by atoms with Crippen molar-refractivity contribution in [3.8, 4) is 53.3 Å². The van der Waals surface area contributed by atoms with Crippen LogP contribution in [0.5, 0.6) is 0 Å². The van der Waals surface area contributed by atoms with Gasteiger partial charge in [-0.3, -0.25) is 35.5 Å². The van der Waals surface area contributed by atoms with Crippen LogP contribution in [0.3, 0.4) is 0 Å². The quantitative estimate of drug-likeness (QED) is 0.147. The van der Waals surface area contributed by atoms with E-state index in [-0.39, 0.29) is 93.1 Å². The zero-order chi connectivity index (χ0) is 24.0. The van der Waals surface area contributed by atoms with Gasteiger partial charge in [0.05, 0.1) is 0 Å². The van der Waals surface area contributed by atoms with Crippen LogP contribution in [0.25, 0.3) is 0 Å². The van der Waals surface area contributed by atoms with Gasteiger partial charge in [0, 0.05) is 4.28 Å². The first-order valence-corrected chi connectivity index (χ1v) is 9.66. The summed E-state index contributed by atoms with van der Waals surface area (Å²) in [4.78, 5) is 0. The maximum atomic E-state index is 6.18. The Hall–Kier alpha value is -0.900. The molecule has 2 heteroatoms. The van der Waals surface area contributed by atoms with Gasteiger partial charge < -0.3 is 54.4 Å². The van der Waals surface area contributed by atoms with Crippen molar-refractivity contribution in [2.24, 2.45) is 0 Å². The van der Waals surface area contributed by atoms with Crippen molar-refractivity contribution >= 4 is 0 Å². The second-order valence-electron chi connectivity index (χ2n) is 4.62. The fourth-order valence-corrected chi connectivity index (χ4v) is 0.687. The van der Waals surface area contributed by atoms with Gasteiger partial charge in [-0.05, 0) is 20.8 Å². The molecule has 0 aromatic carbocycles. The van der Waals surface area contributed by atoms with Gasteiger partial charge in [-0.15, -0.1) is 0 Å². The zero-order valence-corrected chi connectivity index (χ0v) is 28.7. The number of rotatable bonds is 5. The number of unbranched alkanes of at least 4 members (excludes halogenated alkanes) is 5. The Morgan fingerprint density at radius 1 is 0.528 bits per heavy atom. The molecule has 0 saturated carbocycles. The van der Waals surface area contributed by atoms with Crippen LogP contribution >= 0.6 is 0 Å². The Balaban J connectivity index is -0.0000000111. The smallest absolute Gasteiger partial charge is 0.358 e. The van der Waals surface area contributed by atoms with Gasteiger partial charge in [0.1, 0.15) is 0 Å². The summed E-state index contributed by atoms with van der Waals surface area (Å²) >= 11 is 0. The minimum Gasteiger partial charge on any atom is -0.358 e. The number of hydrogen-bond acceptors (Lipinski definition) is 0. The molecule has 0 spiro atoms. The molecule has 208 valence electrons. The van der Waals surface area contributed by atoms with Gasteiger partial charge in [-0.25, -0.2) is 30.6 Å². The average Bonchev–Trinajstić information content (AvgIpc) is 2.73. The predicted molar refractivity (Wildman–Crippen MR) is 171 cm³/mol. The van der Waals surface area contributed by atoms with E-state index in [0.29, 0.717) is 0 Å². The molecule has 36 heavy (non-hydrogen) atoms. The molecule has 0 aliphatic rings. The van der Waals surface area contributed by atoms with E-state index in [9.17, 15) is 0 Å². The third-order valence-electron chi connectivity index (χ3n) is 2.02. The van der Waals surface area contributed by atoms with Crippen molar-refractivity contribution in [3.05, 3.63) is 54.4 Å². The second kappa shape index (κ2) is 144. The Kier molecular flexibility index (Phi) is 335. The Labute approximate surface area is 277 Å². The SMILES string of the molecule is C.C.C.C.[C-]#CC#CC.[C-]#CC#CC.[C-]#CC#CC.[CH2-]CCCC.[CH2-]CCCC.[CH2-]CC[CH2-].[CH3-].[HH].[HH].[HH].[Hf+4].[Hf+4]. The molecule has 0 N–H and O–H groups in total. The summed E-state index contributed by atoms with van der Waals surface area (Å²) in [5.41, 5.74) is 0. The fraction of sp³-hybridized carbons (Fsp3) is 0.500. The summed E-state index contributed by atoms with van der Waals surface area (Å²) in [5, 5.41) is 0. The van der Waals surface area contributed by atoms with Gasteiger partial charge in [-0.1, -0.05) is 69.2 Å². The van der Waals surface area contributed by atoms with Crippen molar-refractivity contribution in [3.63, 3.8) is 0 Å². The van der Waals surface area contributed by atoms with Crippen LogP contribution in [0.15, 0.2) is 0 Å². The molecule has 0 amide bonds. The Bertz CT molecular complexity index is 479. The zero-order valence-electron chi connectivity index (χ0n) is 21.5. The van der Waals surface area contributed by atoms with Gasteiger partial charge >= 0.3 is 51.7 Å². The molecule has 0 heterocycles. The molecule has 0 bridgehead atoms. The van der Waals surface area contributed by atoms with Gasteiger partial charge in [-0.2, -0.15) is 12.8 Å². The molecule has 0 radical (unpaired) electrons. The second-order valence-corrected chi connectivity index (χ2v) is 4.62. The third-order valence-corrected chi connectivity index (χ3v) is 2.02. The molecule has 0 fully saturated rings. The van der Waals surface area contributed by atoms with Crippen LogP contribution in [-0.2, 0) is 51.7 Å². The topological polar surface area (TPSA) is 0 Å². The summed E-state index contributed by atoms with van der Waals surface area (Å²) in [6.45, 7) is 23.8. The van der Waals surface area contributed by atoms with Crippen LogP contribution in [0.1, 0.15) is 120 Å². The summed E-state index contributed by atoms with van der Waals surface area (Å²) in [5.74, 6) is 20.0. The van der Waals surface area contributed by atoms with E-state index in [1.807, 2.05) is 17.8 Å². The summed E-state index contributed by atoms with van der Waals surface area (Å²) in [7, 11) is 0. The van der Waals surface area contributed by atoms with Crippen molar-refractivity contribution in [2.45, 2.75) is 116 Å². The fourth-order valence-electron chi connectivity index (χ4n) is 0.687. The largest absolute Gasteiger partial charge is 4.00 e. The van der Waals surface area contributed by atoms with Crippen LogP contribution in [0.2, 0.25) is 0 Å². The molecule has 0 aliphatic carbocycles. The molecular formula is C34H64Hf2. The maximum Gasteiger partial charge on any atom is 4.00 e. The first-order valence-electron chi connectivity index (χ1n) is 9.66. The number of hydrogen-bond donors (Lipinski definition) is 0. The molecule has 0 aliphatic heterocycles. The molecule has 0 saturated heterocycles. The summed E-state index contributed by atoms with van der Waals surface area (Å²) in [6, 6.07) is 0. The third kappa shape index (κ3) is 334. The van der Waals surface area contributed by atoms with Crippen molar-refractivity contribution in [1.29, 1.82) is 0 Å². The van der Waals surface area contributed by atoms with E-state index < -0.39 is 0 Å². The molecule has 0 nitrogen and oxygen atoms in total. The Morgan fingerprint density at radius 2 is 0.722 bits per heavy atom. The minimum absolute atomic E-state index is 0. The van der Waals surface area contributed by atoms with Crippen LogP contribution in [0.4, 0.5) is 0 Å². The van der Waals surface area contributed by atoms with Crippen molar-refractivity contribution in [1.82, 2.24) is 0 Å². The summed E-state index contributed by atoms with van der Waals surface area (Å²) < 4.78 is 0. The van der Waals surface area contributed by atoms with E-state index >= 15 is 0 Å². The van der Waals surface area contributed by atoms with Crippen molar-refractivity contribution < 1.29 is 56.0 Å². The first kappa shape index (κ1) is 83.6. The van der Waals surface area contributed by atoms with E-state index in [4.69, 9.17) is 19.3 Å². The summed E-state index contributed by atoms with van der Waals surface area (Å²) in [6.07, 6.45) is 27.8. The standard InChI is InChI=1S/2C5H11.3C5H3.C4H8.4CH4.CH3.2Hf.3H2/c5*1-3-5-4-2;1-3-4-2;;;;;;;;;;/h2*1,3-5H2,2H3;3*1H3;1-4H2;4*1H4;1H3;;;3*1H/q5*-1;-2;;;;;-1;2*+4;;;. The van der Waals surface area contributed by atoms with Gasteiger partial charge in [0.25, 0.3) is 0 Å². The maximum absolute atomic E-state index is 6.18. The molecule has 0 aromatic heterocycles. The normalized spacial score (nSPS) is 4.50. The van der Waals surface area contributed by atoms with Crippen LogP contribution in [0, 0.1) is 108 Å². The van der Waals surface area contributed by atoms with E-state index in [1.165, 1.54) is 25.7 Å². The van der Waals surface area contributed by atoms with E-state index in [2.05, 4.69) is 77.1 Å². The van der Waals surface area contributed by atoms with Crippen LogP contribution < -0.4 is 0 Å². The van der Waals surface area contributed by atoms with Gasteiger partial charge in [0.15, 0.2) is 0 Å². The van der Waals surface area contributed by atoms with Crippen molar-refractivity contribution in [2.75, 3.05) is 0 Å². The monoisotopic (exact) mass is 832 g/mol. The molecule has 0 atom stereocenters. The first-order chi connectivity index (χ1) is 14.0. The Morgan fingerprint density at radius 3 is 0.722 bits per heavy atom. The van der Waals surface area contributed by atoms with E-state index in [0.717, 1.165) is 25.7 Å².